The van der Waals surface area contributed by atoms with Crippen molar-refractivity contribution in [3.8, 4) is 0 Å². The molecule has 0 aliphatic carbocycles. The lowest BCUT2D eigenvalue weighted by Gasteiger charge is -2.18. The van der Waals surface area contributed by atoms with Gasteiger partial charge in [0.05, 0.1) is 17.6 Å². The molecule has 3 aromatic rings. The van der Waals surface area contributed by atoms with Gasteiger partial charge >= 0.3 is 5.97 Å². The Bertz CT molecular complexity index is 1140. The molecule has 2 amide bonds. The largest absolute Gasteiger partial charge is 0.465 e. The quantitative estimate of drug-likeness (QED) is 0.299. The van der Waals surface area contributed by atoms with E-state index in [9.17, 15) is 14.4 Å². The molecule has 1 aromatic heterocycles. The SMILES string of the molecule is CCN(CC)C(=O)c1sc(NC(=O)[C@H](Sc2ccccc2)c2ccccc2)c(C(=O)OC)c1C. The standard InChI is InChI=1S/C26H28N2O4S2/c1-5-28(6-2)25(30)21-17(3)20(26(31)32-4)24(34-21)27-23(29)22(18-13-9-7-10-14-18)33-19-15-11-8-12-16-19/h7-16,22H,5-6H2,1-4H3,(H,27,29)/t22-/m1/s1. The van der Waals surface area contributed by atoms with Crippen LogP contribution >= 0.6 is 23.1 Å². The monoisotopic (exact) mass is 496 g/mol. The Labute approximate surface area is 208 Å². The molecule has 8 heteroatoms. The molecule has 178 valence electrons. The van der Waals surface area contributed by atoms with Gasteiger partial charge in [0.25, 0.3) is 5.91 Å². The van der Waals surface area contributed by atoms with Gasteiger partial charge in [0.15, 0.2) is 0 Å². The smallest absolute Gasteiger partial charge is 0.341 e. The number of ether oxygens (including phenoxy) is 1. The van der Waals surface area contributed by atoms with E-state index < -0.39 is 11.2 Å². The zero-order chi connectivity index (χ0) is 24.7. The minimum Gasteiger partial charge on any atom is -0.465 e. The van der Waals surface area contributed by atoms with Crippen LogP contribution in [-0.2, 0) is 9.53 Å². The second-order valence-electron chi connectivity index (χ2n) is 7.44. The molecule has 0 fully saturated rings. The predicted molar refractivity (Wildman–Crippen MR) is 138 cm³/mol. The maximum Gasteiger partial charge on any atom is 0.341 e. The number of amides is 2. The Morgan fingerprint density at radius 2 is 1.59 bits per heavy atom. The van der Waals surface area contributed by atoms with Crippen LogP contribution in [0.1, 0.15) is 50.3 Å². The highest BCUT2D eigenvalue weighted by molar-refractivity contribution is 8.00. The number of benzene rings is 2. The van der Waals surface area contributed by atoms with Gasteiger partial charge in [-0.15, -0.1) is 23.1 Å². The van der Waals surface area contributed by atoms with E-state index in [0.717, 1.165) is 21.8 Å². The number of nitrogens with zero attached hydrogens (tertiary/aromatic N) is 1. The third-order valence-electron chi connectivity index (χ3n) is 5.36. The normalized spacial score (nSPS) is 11.5. The minimum atomic E-state index is -0.588. The lowest BCUT2D eigenvalue weighted by atomic mass is 10.1. The highest BCUT2D eigenvalue weighted by Gasteiger charge is 2.30. The van der Waals surface area contributed by atoms with Crippen molar-refractivity contribution in [2.75, 3.05) is 25.5 Å². The third-order valence-corrected chi connectivity index (χ3v) is 7.82. The molecule has 1 atom stereocenters. The maximum atomic E-state index is 13.5. The summed E-state index contributed by atoms with van der Waals surface area (Å²) in [7, 11) is 1.29. The molecule has 2 aromatic carbocycles. The molecule has 0 saturated heterocycles. The molecule has 1 N–H and O–H groups in total. The van der Waals surface area contributed by atoms with Crippen molar-refractivity contribution in [3.63, 3.8) is 0 Å². The van der Waals surface area contributed by atoms with Gasteiger partial charge < -0.3 is 15.0 Å². The summed E-state index contributed by atoms with van der Waals surface area (Å²) in [4.78, 5) is 42.3. The van der Waals surface area contributed by atoms with Crippen LogP contribution in [0, 0.1) is 6.92 Å². The lowest BCUT2D eigenvalue weighted by Crippen LogP contribution is -2.30. The Hall–Kier alpha value is -3.10. The number of hydrogen-bond donors (Lipinski definition) is 1. The van der Waals surface area contributed by atoms with E-state index in [1.807, 2.05) is 74.5 Å². The van der Waals surface area contributed by atoms with Gasteiger partial charge in [-0.1, -0.05) is 48.5 Å². The summed E-state index contributed by atoms with van der Waals surface area (Å²) >= 11 is 2.53. The highest BCUT2D eigenvalue weighted by atomic mass is 32.2. The first-order valence-corrected chi connectivity index (χ1v) is 12.7. The Kier molecular flexibility index (Phi) is 8.90. The fourth-order valence-corrected chi connectivity index (χ4v) is 5.73. The van der Waals surface area contributed by atoms with E-state index in [0.29, 0.717) is 28.5 Å². The molecule has 1 heterocycles. The molecule has 0 aliphatic heterocycles. The first-order valence-electron chi connectivity index (χ1n) is 11.0. The summed E-state index contributed by atoms with van der Waals surface area (Å²) in [6.45, 7) is 6.61. The number of hydrogen-bond acceptors (Lipinski definition) is 6. The van der Waals surface area contributed by atoms with Crippen LogP contribution in [-0.4, -0.2) is 42.9 Å². The van der Waals surface area contributed by atoms with Gasteiger partial charge in [0, 0.05) is 18.0 Å². The van der Waals surface area contributed by atoms with Crippen LogP contribution in [0.4, 0.5) is 5.00 Å². The number of methoxy groups -OCH3 is 1. The topological polar surface area (TPSA) is 75.7 Å². The van der Waals surface area contributed by atoms with Crippen LogP contribution < -0.4 is 5.32 Å². The zero-order valence-electron chi connectivity index (χ0n) is 19.7. The summed E-state index contributed by atoms with van der Waals surface area (Å²) in [5.41, 5.74) is 1.56. The van der Waals surface area contributed by atoms with E-state index in [2.05, 4.69) is 5.32 Å². The fourth-order valence-electron chi connectivity index (χ4n) is 3.52. The molecule has 0 radical (unpaired) electrons. The van der Waals surface area contributed by atoms with Crippen LogP contribution in [0.3, 0.4) is 0 Å². The Balaban J connectivity index is 1.99. The Morgan fingerprint density at radius 1 is 1.00 bits per heavy atom. The molecule has 0 unspecified atom stereocenters. The number of anilines is 1. The van der Waals surface area contributed by atoms with Gasteiger partial charge in [-0.25, -0.2) is 4.79 Å². The van der Waals surface area contributed by atoms with E-state index in [4.69, 9.17) is 4.74 Å². The van der Waals surface area contributed by atoms with Crippen LogP contribution in [0.15, 0.2) is 65.6 Å². The van der Waals surface area contributed by atoms with E-state index in [1.165, 1.54) is 18.9 Å². The highest BCUT2D eigenvalue weighted by Crippen LogP contribution is 2.39. The molecule has 0 aliphatic rings. The summed E-state index contributed by atoms with van der Waals surface area (Å²) in [6.07, 6.45) is 0. The van der Waals surface area contributed by atoms with Gasteiger partial charge in [-0.3, -0.25) is 9.59 Å². The van der Waals surface area contributed by atoms with E-state index in [-0.39, 0.29) is 17.4 Å². The van der Waals surface area contributed by atoms with Gasteiger partial charge in [-0.2, -0.15) is 0 Å². The number of esters is 1. The van der Waals surface area contributed by atoms with Crippen molar-refractivity contribution in [3.05, 3.63) is 82.2 Å². The van der Waals surface area contributed by atoms with Crippen molar-refractivity contribution in [1.82, 2.24) is 4.90 Å². The van der Waals surface area contributed by atoms with Crippen molar-refractivity contribution < 1.29 is 19.1 Å². The first kappa shape index (κ1) is 25.5. The van der Waals surface area contributed by atoms with Crippen molar-refractivity contribution in [2.24, 2.45) is 0 Å². The summed E-state index contributed by atoms with van der Waals surface area (Å²) in [5.74, 6) is -1.04. The maximum absolute atomic E-state index is 13.5. The summed E-state index contributed by atoms with van der Waals surface area (Å²) in [5, 5.41) is 2.68. The fraction of sp³-hybridized carbons (Fsp3) is 0.269. The second kappa shape index (κ2) is 11.9. The third kappa shape index (κ3) is 5.69. The molecular formula is C26H28N2O4S2. The number of thiophene rings is 1. The zero-order valence-corrected chi connectivity index (χ0v) is 21.3. The molecule has 3 rings (SSSR count). The lowest BCUT2D eigenvalue weighted by molar-refractivity contribution is -0.115. The second-order valence-corrected chi connectivity index (χ2v) is 9.64. The molecule has 6 nitrogen and oxygen atoms in total. The van der Waals surface area contributed by atoms with E-state index in [1.54, 1.807) is 11.8 Å². The van der Waals surface area contributed by atoms with Crippen molar-refractivity contribution in [1.29, 1.82) is 0 Å². The van der Waals surface area contributed by atoms with Gasteiger partial charge in [-0.05, 0) is 44.0 Å². The molecule has 0 spiro atoms. The van der Waals surface area contributed by atoms with Crippen molar-refractivity contribution in [2.45, 2.75) is 30.9 Å². The van der Waals surface area contributed by atoms with Crippen LogP contribution in [0.5, 0.6) is 0 Å². The van der Waals surface area contributed by atoms with Crippen LogP contribution in [0.2, 0.25) is 0 Å². The average Bonchev–Trinajstić information content (AvgIpc) is 3.19. The number of carbonyl (C=O) groups is 3. The number of thioether (sulfide) groups is 1. The number of carbonyl (C=O) groups excluding carboxylic acids is 3. The number of rotatable bonds is 9. The van der Waals surface area contributed by atoms with E-state index >= 15 is 0 Å². The number of nitrogens with one attached hydrogen (secondary N) is 1. The van der Waals surface area contributed by atoms with Gasteiger partial charge in [0.1, 0.15) is 10.3 Å². The van der Waals surface area contributed by atoms with Crippen molar-refractivity contribution >= 4 is 45.9 Å². The predicted octanol–water partition coefficient (Wildman–Crippen LogP) is 5.80. The molecule has 0 bridgehead atoms. The molecule has 34 heavy (non-hydrogen) atoms. The molecule has 0 saturated carbocycles. The first-order chi connectivity index (χ1) is 16.4. The summed E-state index contributed by atoms with van der Waals surface area (Å²) < 4.78 is 4.97. The summed E-state index contributed by atoms with van der Waals surface area (Å²) in [6, 6.07) is 19.1. The van der Waals surface area contributed by atoms with Gasteiger partial charge in [0.2, 0.25) is 5.91 Å². The minimum absolute atomic E-state index is 0.170. The molecular weight excluding hydrogens is 468 g/mol. The average molecular weight is 497 g/mol. The van der Waals surface area contributed by atoms with Crippen LogP contribution in [0.25, 0.3) is 0 Å². The Morgan fingerprint density at radius 3 is 2.15 bits per heavy atom.